The first-order valence-electron chi connectivity index (χ1n) is 16.0. The molecule has 0 N–H and O–H groups in total. The van der Waals surface area contributed by atoms with Crippen LogP contribution in [0.3, 0.4) is 0 Å². The Morgan fingerprint density at radius 1 is 1.02 bits per heavy atom. The quantitative estimate of drug-likeness (QED) is 0.135. The average molecular weight is 617 g/mol. The molecule has 3 saturated carbocycles. The number of methoxy groups -OCH3 is 3. The molecule has 0 heterocycles. The summed E-state index contributed by atoms with van der Waals surface area (Å²) in [5.41, 5.74) is 1.25. The van der Waals surface area contributed by atoms with Gasteiger partial charge in [-0.2, -0.15) is 0 Å². The number of allylic oxidation sites excluding steroid dienone is 4. The molecule has 0 bridgehead atoms. The summed E-state index contributed by atoms with van der Waals surface area (Å²) in [6.07, 6.45) is 9.43. The van der Waals surface area contributed by atoms with Gasteiger partial charge in [0, 0.05) is 31.8 Å². The lowest BCUT2D eigenvalue weighted by Gasteiger charge is -2.57. The van der Waals surface area contributed by atoms with Crippen molar-refractivity contribution in [3.05, 3.63) is 36.0 Å². The van der Waals surface area contributed by atoms with E-state index in [0.717, 1.165) is 31.3 Å². The Morgan fingerprint density at radius 2 is 1.70 bits per heavy atom. The van der Waals surface area contributed by atoms with E-state index in [2.05, 4.69) is 39.5 Å². The van der Waals surface area contributed by atoms with Crippen molar-refractivity contribution in [3.8, 4) is 0 Å². The normalized spacial score (nSPS) is 34.1. The lowest BCUT2D eigenvalue weighted by molar-refractivity contribution is -0.156. The Bertz CT molecular complexity index is 1170. The number of rotatable bonds is 11. The molecule has 0 aromatic rings. The van der Waals surface area contributed by atoms with E-state index in [1.54, 1.807) is 21.0 Å². The summed E-state index contributed by atoms with van der Waals surface area (Å²) in [4.78, 5) is 37.7. The number of Topliss-reactive ketones (excluding diaryl/α,β-unsaturated/α-hetero) is 1. The largest absolute Gasteiger partial charge is 0.508 e. The summed E-state index contributed by atoms with van der Waals surface area (Å²) in [7, 11) is 4.15. The van der Waals surface area contributed by atoms with Crippen LogP contribution in [0.5, 0.6) is 0 Å². The van der Waals surface area contributed by atoms with Gasteiger partial charge in [0.05, 0.1) is 14.2 Å². The lowest BCUT2D eigenvalue weighted by Crippen LogP contribution is -2.54. The van der Waals surface area contributed by atoms with Crippen LogP contribution < -0.4 is 0 Å². The zero-order valence-electron chi connectivity index (χ0n) is 27.8. The van der Waals surface area contributed by atoms with Gasteiger partial charge in [-0.3, -0.25) is 4.79 Å². The highest BCUT2D eigenvalue weighted by atomic mass is 16.7. The van der Waals surface area contributed by atoms with Crippen molar-refractivity contribution in [1.82, 2.24) is 0 Å². The Kier molecular flexibility index (Phi) is 10.4. The zero-order chi connectivity index (χ0) is 32.4. The molecule has 4 rings (SSSR count). The van der Waals surface area contributed by atoms with Gasteiger partial charge in [0.1, 0.15) is 24.6 Å². The van der Waals surface area contributed by atoms with Gasteiger partial charge in [0.15, 0.2) is 5.78 Å². The molecule has 0 spiro atoms. The fourth-order valence-electron chi connectivity index (χ4n) is 9.05. The average Bonchev–Trinajstić information content (AvgIpc) is 3.35. The number of hydrogen-bond acceptors (Lipinski definition) is 9. The third-order valence-corrected chi connectivity index (χ3v) is 11.7. The maximum absolute atomic E-state index is 13.3. The summed E-state index contributed by atoms with van der Waals surface area (Å²) in [6, 6.07) is 0. The third kappa shape index (κ3) is 6.23. The number of ketones is 1. The SMILES string of the molecule is C=C[C@@H](CC(=O)C(C)(C)OCOC)[C@@H](C)[C@H]1CC[C@H]2C3=CC=C4C[C@@H](OC(=O)OC)C[C@H](OC(=O)OC)[C@]4(C)[C@H]3CC[C@]12C. The van der Waals surface area contributed by atoms with Gasteiger partial charge in [-0.15, -0.1) is 6.58 Å². The van der Waals surface area contributed by atoms with E-state index in [-0.39, 0.29) is 35.7 Å². The van der Waals surface area contributed by atoms with Crippen LogP contribution >= 0.6 is 0 Å². The van der Waals surface area contributed by atoms with Gasteiger partial charge in [-0.05, 0) is 74.5 Å². The van der Waals surface area contributed by atoms with Crippen LogP contribution in [-0.2, 0) is 33.2 Å². The Balaban J connectivity index is 1.58. The van der Waals surface area contributed by atoms with Gasteiger partial charge in [-0.1, -0.05) is 50.1 Å². The number of carbonyl (C=O) groups is 3. The topological polar surface area (TPSA) is 107 Å². The molecule has 44 heavy (non-hydrogen) atoms. The number of carbonyl (C=O) groups excluding carboxylic acids is 3. The van der Waals surface area contributed by atoms with Crippen LogP contribution in [0.15, 0.2) is 36.0 Å². The molecule has 3 fully saturated rings. The van der Waals surface area contributed by atoms with Crippen LogP contribution in [0.2, 0.25) is 0 Å². The molecule has 0 aromatic heterocycles. The molecule has 0 aliphatic heterocycles. The fraction of sp³-hybridized carbons (Fsp3) is 0.743. The van der Waals surface area contributed by atoms with Crippen LogP contribution in [0.4, 0.5) is 9.59 Å². The van der Waals surface area contributed by atoms with Crippen molar-refractivity contribution < 1.29 is 42.8 Å². The van der Waals surface area contributed by atoms with E-state index < -0.39 is 35.5 Å². The third-order valence-electron chi connectivity index (χ3n) is 11.7. The number of hydrogen-bond donors (Lipinski definition) is 0. The first-order chi connectivity index (χ1) is 20.8. The standard InChI is InChI=1S/C35H52O9/c1-10-22(17-29(36)33(3,4)42-20-39-7)21(2)26-13-14-27-25-12-11-23-18-24(43-31(37)40-8)19-30(44-32(38)41-9)35(23,6)28(25)15-16-34(26,27)5/h10-12,21-22,24,26-28,30H,1,13-20H2,2-9H3/t21-,22+,24-,26-,27+,28+,30+,34-,35+/m1/s1. The monoisotopic (exact) mass is 616 g/mol. The smallest absolute Gasteiger partial charge is 0.438 e. The minimum absolute atomic E-state index is 0.0403. The van der Waals surface area contributed by atoms with E-state index in [1.165, 1.54) is 19.8 Å². The predicted molar refractivity (Wildman–Crippen MR) is 165 cm³/mol. The van der Waals surface area contributed by atoms with Gasteiger partial charge in [-0.25, -0.2) is 9.59 Å². The first kappa shape index (κ1) is 34.2. The molecule has 9 heteroatoms. The van der Waals surface area contributed by atoms with E-state index >= 15 is 0 Å². The van der Waals surface area contributed by atoms with Crippen LogP contribution in [-0.4, -0.2) is 64.0 Å². The van der Waals surface area contributed by atoms with Crippen molar-refractivity contribution in [1.29, 1.82) is 0 Å². The molecule has 0 saturated heterocycles. The highest BCUT2D eigenvalue weighted by Gasteiger charge is 2.60. The molecule has 4 aliphatic carbocycles. The van der Waals surface area contributed by atoms with E-state index in [4.69, 9.17) is 28.4 Å². The second-order valence-electron chi connectivity index (χ2n) is 14.1. The molecule has 9 nitrogen and oxygen atoms in total. The van der Waals surface area contributed by atoms with E-state index in [1.807, 2.05) is 6.08 Å². The zero-order valence-corrected chi connectivity index (χ0v) is 27.8. The second kappa shape index (κ2) is 13.4. The molecular weight excluding hydrogens is 564 g/mol. The molecule has 9 atom stereocenters. The van der Waals surface area contributed by atoms with Crippen molar-refractivity contribution in [2.45, 2.75) is 97.4 Å². The number of fused-ring (bicyclic) bond motifs is 5. The molecular formula is C35H52O9. The van der Waals surface area contributed by atoms with Crippen LogP contribution in [0, 0.1) is 40.4 Å². The van der Waals surface area contributed by atoms with Gasteiger partial charge >= 0.3 is 12.3 Å². The molecule has 4 aliphatic rings. The summed E-state index contributed by atoms with van der Waals surface area (Å²) in [5.74, 6) is 1.37. The van der Waals surface area contributed by atoms with Gasteiger partial charge < -0.3 is 28.4 Å². The molecule has 0 aromatic carbocycles. The Hall–Kier alpha value is -2.65. The van der Waals surface area contributed by atoms with E-state index in [0.29, 0.717) is 31.1 Å². The fourth-order valence-corrected chi connectivity index (χ4v) is 9.05. The van der Waals surface area contributed by atoms with Gasteiger partial charge in [0.25, 0.3) is 0 Å². The maximum Gasteiger partial charge on any atom is 0.508 e. The molecule has 0 unspecified atom stereocenters. The van der Waals surface area contributed by atoms with Crippen LogP contribution in [0.1, 0.15) is 79.6 Å². The van der Waals surface area contributed by atoms with Crippen molar-refractivity contribution in [2.24, 2.45) is 40.4 Å². The van der Waals surface area contributed by atoms with E-state index in [9.17, 15) is 14.4 Å². The summed E-state index contributed by atoms with van der Waals surface area (Å²) < 4.78 is 31.8. The van der Waals surface area contributed by atoms with Crippen LogP contribution in [0.25, 0.3) is 0 Å². The molecule has 0 radical (unpaired) electrons. The highest BCUT2D eigenvalue weighted by Crippen LogP contribution is 2.66. The summed E-state index contributed by atoms with van der Waals surface area (Å²) in [6.45, 7) is 14.7. The predicted octanol–water partition coefficient (Wildman–Crippen LogP) is 7.20. The van der Waals surface area contributed by atoms with Gasteiger partial charge in [0.2, 0.25) is 0 Å². The Labute approximate surface area is 262 Å². The second-order valence-corrected chi connectivity index (χ2v) is 14.1. The molecule has 0 amide bonds. The lowest BCUT2D eigenvalue weighted by atomic mass is 9.49. The van der Waals surface area contributed by atoms with Crippen molar-refractivity contribution in [3.63, 3.8) is 0 Å². The molecule has 246 valence electrons. The summed E-state index contributed by atoms with van der Waals surface area (Å²) in [5, 5.41) is 0. The van der Waals surface area contributed by atoms with Crippen molar-refractivity contribution >= 4 is 18.1 Å². The summed E-state index contributed by atoms with van der Waals surface area (Å²) >= 11 is 0. The Morgan fingerprint density at radius 3 is 2.34 bits per heavy atom. The first-order valence-corrected chi connectivity index (χ1v) is 16.0. The highest BCUT2D eigenvalue weighted by molar-refractivity contribution is 5.86. The minimum Gasteiger partial charge on any atom is -0.438 e. The van der Waals surface area contributed by atoms with Crippen molar-refractivity contribution in [2.75, 3.05) is 28.1 Å². The minimum atomic E-state index is -0.923. The maximum atomic E-state index is 13.3. The number of ether oxygens (including phenoxy) is 6.